The molecule has 96 valence electrons. The third-order valence-corrected chi connectivity index (χ3v) is 7.17. The first-order chi connectivity index (χ1) is 7.81. The molecule has 0 aromatic rings. The highest BCUT2D eigenvalue weighted by molar-refractivity contribution is 5.29. The van der Waals surface area contributed by atoms with Crippen molar-refractivity contribution in [3.05, 3.63) is 0 Å². The third-order valence-electron chi connectivity index (χ3n) is 7.17. The molecule has 5 aliphatic rings. The van der Waals surface area contributed by atoms with E-state index in [4.69, 9.17) is 4.74 Å². The zero-order chi connectivity index (χ0) is 12.2. The van der Waals surface area contributed by atoms with Crippen LogP contribution in [0.15, 0.2) is 0 Å². The molecule has 1 aliphatic heterocycles. The van der Waals surface area contributed by atoms with Gasteiger partial charge in [0, 0.05) is 0 Å². The number of aliphatic hydroxyl groups is 1. The van der Waals surface area contributed by atoms with Crippen LogP contribution in [0.5, 0.6) is 0 Å². The molecule has 4 bridgehead atoms. The van der Waals surface area contributed by atoms with Crippen molar-refractivity contribution in [2.24, 2.45) is 28.6 Å². The molecule has 0 spiro atoms. The summed E-state index contributed by atoms with van der Waals surface area (Å²) < 4.78 is 5.60. The standard InChI is InChI=1S/C15H24O2/c1-13(2)12(17-13)11(16)7-14(3)8-5-9-10(6-8)15(9,14)4/h8-12,16H,5-7H2,1-4H3/t8?,9-,10+,11-,12-,14+,15?/m1/s1. The van der Waals surface area contributed by atoms with Crippen molar-refractivity contribution in [2.75, 3.05) is 0 Å². The van der Waals surface area contributed by atoms with E-state index in [9.17, 15) is 5.11 Å². The molecule has 4 saturated carbocycles. The molecule has 1 saturated heterocycles. The molecule has 2 nitrogen and oxygen atoms in total. The summed E-state index contributed by atoms with van der Waals surface area (Å²) >= 11 is 0. The second-order valence-electron chi connectivity index (χ2n) is 7.99. The summed E-state index contributed by atoms with van der Waals surface area (Å²) in [5.41, 5.74) is 0.850. The third kappa shape index (κ3) is 1.02. The lowest BCUT2D eigenvalue weighted by molar-refractivity contribution is 0.0402. The largest absolute Gasteiger partial charge is 0.390 e. The Labute approximate surface area is 104 Å². The van der Waals surface area contributed by atoms with Gasteiger partial charge in [0.2, 0.25) is 0 Å². The maximum absolute atomic E-state index is 10.4. The molecule has 1 N–H and O–H groups in total. The number of epoxide rings is 1. The van der Waals surface area contributed by atoms with Crippen molar-refractivity contribution in [2.45, 2.75) is 64.8 Å². The van der Waals surface area contributed by atoms with Crippen LogP contribution in [0.25, 0.3) is 0 Å². The van der Waals surface area contributed by atoms with E-state index in [0.717, 1.165) is 24.2 Å². The van der Waals surface area contributed by atoms with Gasteiger partial charge in [-0.05, 0) is 61.7 Å². The molecule has 2 heteroatoms. The van der Waals surface area contributed by atoms with Crippen LogP contribution in [-0.2, 0) is 4.74 Å². The topological polar surface area (TPSA) is 32.8 Å². The number of rotatable bonds is 3. The van der Waals surface area contributed by atoms with Gasteiger partial charge < -0.3 is 9.84 Å². The summed E-state index contributed by atoms with van der Waals surface area (Å²) in [6.07, 6.45) is 3.64. The van der Waals surface area contributed by atoms with Crippen molar-refractivity contribution in [1.29, 1.82) is 0 Å². The Morgan fingerprint density at radius 3 is 2.06 bits per heavy atom. The van der Waals surface area contributed by atoms with Crippen LogP contribution in [0.2, 0.25) is 0 Å². The molecule has 4 aliphatic carbocycles. The predicted molar refractivity (Wildman–Crippen MR) is 65.5 cm³/mol. The molecule has 7 atom stereocenters. The van der Waals surface area contributed by atoms with Crippen molar-refractivity contribution in [1.82, 2.24) is 0 Å². The molecular weight excluding hydrogens is 212 g/mol. The van der Waals surface area contributed by atoms with Gasteiger partial charge in [0.25, 0.3) is 0 Å². The van der Waals surface area contributed by atoms with E-state index in [1.807, 2.05) is 0 Å². The van der Waals surface area contributed by atoms with Crippen LogP contribution in [0.4, 0.5) is 0 Å². The molecule has 5 rings (SSSR count). The van der Waals surface area contributed by atoms with Crippen LogP contribution in [-0.4, -0.2) is 22.9 Å². The summed E-state index contributed by atoms with van der Waals surface area (Å²) in [7, 11) is 0. The van der Waals surface area contributed by atoms with Gasteiger partial charge in [-0.15, -0.1) is 0 Å². The van der Waals surface area contributed by atoms with E-state index < -0.39 is 0 Å². The minimum Gasteiger partial charge on any atom is -0.390 e. The van der Waals surface area contributed by atoms with Crippen molar-refractivity contribution in [3.8, 4) is 0 Å². The van der Waals surface area contributed by atoms with E-state index in [0.29, 0.717) is 10.8 Å². The Kier molecular flexibility index (Phi) is 1.65. The fourth-order valence-electron chi connectivity index (χ4n) is 5.80. The van der Waals surface area contributed by atoms with Crippen molar-refractivity contribution < 1.29 is 9.84 Å². The summed E-state index contributed by atoms with van der Waals surface area (Å²) in [4.78, 5) is 0. The van der Waals surface area contributed by atoms with Gasteiger partial charge in [0.1, 0.15) is 6.10 Å². The van der Waals surface area contributed by atoms with E-state index in [2.05, 4.69) is 27.7 Å². The van der Waals surface area contributed by atoms with E-state index in [1.165, 1.54) is 12.8 Å². The zero-order valence-electron chi connectivity index (χ0n) is 11.4. The second-order valence-corrected chi connectivity index (χ2v) is 7.99. The maximum Gasteiger partial charge on any atom is 0.113 e. The lowest BCUT2D eigenvalue weighted by Gasteiger charge is -2.36. The minimum atomic E-state index is -0.257. The molecule has 0 aromatic carbocycles. The molecule has 17 heavy (non-hydrogen) atoms. The van der Waals surface area contributed by atoms with Gasteiger partial charge in [-0.3, -0.25) is 0 Å². The highest BCUT2D eigenvalue weighted by Gasteiger charge is 2.81. The first-order valence-corrected chi connectivity index (χ1v) is 7.16. The first-order valence-electron chi connectivity index (χ1n) is 7.16. The average molecular weight is 236 g/mol. The predicted octanol–water partition coefficient (Wildman–Crippen LogP) is 2.60. The number of hydrogen-bond acceptors (Lipinski definition) is 2. The molecule has 0 amide bonds. The van der Waals surface area contributed by atoms with Gasteiger partial charge in [-0.25, -0.2) is 0 Å². The van der Waals surface area contributed by atoms with Gasteiger partial charge in [-0.2, -0.15) is 0 Å². The second kappa shape index (κ2) is 2.60. The quantitative estimate of drug-likeness (QED) is 0.764. The van der Waals surface area contributed by atoms with E-state index in [1.54, 1.807) is 0 Å². The van der Waals surface area contributed by atoms with Crippen molar-refractivity contribution in [3.63, 3.8) is 0 Å². The number of aliphatic hydroxyl groups excluding tert-OH is 1. The Balaban J connectivity index is 1.53. The first kappa shape index (κ1) is 10.8. The Bertz CT molecular complexity index is 376. The monoisotopic (exact) mass is 236 g/mol. The van der Waals surface area contributed by atoms with Crippen LogP contribution in [0, 0.1) is 28.6 Å². The van der Waals surface area contributed by atoms with Crippen LogP contribution < -0.4 is 0 Å². The van der Waals surface area contributed by atoms with Crippen molar-refractivity contribution >= 4 is 0 Å². The van der Waals surface area contributed by atoms with Crippen LogP contribution in [0.3, 0.4) is 0 Å². The minimum absolute atomic E-state index is 0.0814. The number of hydrogen-bond donors (Lipinski definition) is 1. The van der Waals surface area contributed by atoms with Gasteiger partial charge in [0.15, 0.2) is 0 Å². The average Bonchev–Trinajstić information content (AvgIpc) is 2.85. The van der Waals surface area contributed by atoms with Gasteiger partial charge in [0.05, 0.1) is 11.7 Å². The Morgan fingerprint density at radius 2 is 1.71 bits per heavy atom. The summed E-state index contributed by atoms with van der Waals surface area (Å²) in [6, 6.07) is 0. The normalized spacial score (nSPS) is 62.6. The molecule has 0 aromatic heterocycles. The van der Waals surface area contributed by atoms with E-state index >= 15 is 0 Å². The fourth-order valence-corrected chi connectivity index (χ4v) is 5.80. The van der Waals surface area contributed by atoms with Crippen LogP contribution in [0.1, 0.15) is 47.0 Å². The Morgan fingerprint density at radius 1 is 1.18 bits per heavy atom. The molecule has 2 unspecified atom stereocenters. The molecule has 1 heterocycles. The zero-order valence-corrected chi connectivity index (χ0v) is 11.4. The maximum atomic E-state index is 10.4. The SMILES string of the molecule is CC1(C)O[C@@H]1[C@H](O)C[C@@]1(C)C2C[C@@H]3[C@H](C2)C31C. The smallest absolute Gasteiger partial charge is 0.113 e. The lowest BCUT2D eigenvalue weighted by atomic mass is 9.69. The van der Waals surface area contributed by atoms with Gasteiger partial charge >= 0.3 is 0 Å². The lowest BCUT2D eigenvalue weighted by Crippen LogP contribution is -2.35. The molecule has 5 fully saturated rings. The number of ether oxygens (including phenoxy) is 1. The molecule has 0 radical (unpaired) electrons. The Hall–Kier alpha value is -0.0800. The summed E-state index contributed by atoms with van der Waals surface area (Å²) in [5.74, 6) is 2.84. The fraction of sp³-hybridized carbons (Fsp3) is 1.00. The van der Waals surface area contributed by atoms with Crippen LogP contribution >= 0.6 is 0 Å². The van der Waals surface area contributed by atoms with E-state index in [-0.39, 0.29) is 17.8 Å². The van der Waals surface area contributed by atoms with Gasteiger partial charge in [-0.1, -0.05) is 13.8 Å². The summed E-state index contributed by atoms with van der Waals surface area (Å²) in [5, 5.41) is 10.4. The highest BCUT2D eigenvalue weighted by Crippen LogP contribution is 2.87. The summed E-state index contributed by atoms with van der Waals surface area (Å²) in [6.45, 7) is 9.07. The molecular formula is C15H24O2. The highest BCUT2D eigenvalue weighted by atomic mass is 16.6.